The summed E-state index contributed by atoms with van der Waals surface area (Å²) in [6.45, 7) is 7.42. The van der Waals surface area contributed by atoms with Gasteiger partial charge in [-0.15, -0.1) is 0 Å². The van der Waals surface area contributed by atoms with Crippen LogP contribution in [0.3, 0.4) is 0 Å². The van der Waals surface area contributed by atoms with Gasteiger partial charge in [-0.1, -0.05) is 0 Å². The van der Waals surface area contributed by atoms with Crippen LogP contribution in [0.5, 0.6) is 0 Å². The second kappa shape index (κ2) is 7.54. The lowest BCUT2D eigenvalue weighted by atomic mass is 9.92. The Morgan fingerprint density at radius 2 is 1.93 bits per heavy atom. The summed E-state index contributed by atoms with van der Waals surface area (Å²) < 4.78 is 3.17. The van der Waals surface area contributed by atoms with E-state index in [0.717, 1.165) is 36.3 Å². The average molecular weight is 373 g/mol. The number of nitrogens with zero attached hydrogens (tertiary/aromatic N) is 4. The Labute approximate surface area is 157 Å². The first-order valence-electron chi connectivity index (χ1n) is 9.44. The number of aromatic amines is 1. The van der Waals surface area contributed by atoms with E-state index in [-0.39, 0.29) is 22.7 Å². The van der Waals surface area contributed by atoms with E-state index < -0.39 is 0 Å². The van der Waals surface area contributed by atoms with E-state index >= 15 is 0 Å². The third-order valence-corrected chi connectivity index (χ3v) is 5.61. The molecule has 8 nitrogen and oxygen atoms in total. The van der Waals surface area contributed by atoms with E-state index in [1.54, 1.807) is 16.5 Å². The minimum Gasteiger partial charge on any atom is -0.338 e. The van der Waals surface area contributed by atoms with Crippen molar-refractivity contribution >= 4 is 5.91 Å². The average Bonchev–Trinajstić information content (AvgIpc) is 2.99. The molecule has 1 N–H and O–H groups in total. The second-order valence-electron chi connectivity index (χ2n) is 7.34. The Morgan fingerprint density at radius 1 is 1.26 bits per heavy atom. The Morgan fingerprint density at radius 3 is 2.56 bits per heavy atom. The van der Waals surface area contributed by atoms with Gasteiger partial charge in [-0.25, -0.2) is 9.89 Å². The van der Waals surface area contributed by atoms with E-state index in [0.29, 0.717) is 25.6 Å². The maximum absolute atomic E-state index is 12.9. The lowest BCUT2D eigenvalue weighted by Crippen LogP contribution is -2.42. The van der Waals surface area contributed by atoms with Gasteiger partial charge in [-0.2, -0.15) is 5.10 Å². The van der Waals surface area contributed by atoms with Crippen LogP contribution >= 0.6 is 0 Å². The lowest BCUT2D eigenvalue weighted by molar-refractivity contribution is 0.0686. The molecule has 0 radical (unpaired) electrons. The van der Waals surface area contributed by atoms with Gasteiger partial charge in [0, 0.05) is 38.8 Å². The predicted molar refractivity (Wildman–Crippen MR) is 102 cm³/mol. The molecule has 1 aliphatic heterocycles. The van der Waals surface area contributed by atoms with Crippen molar-refractivity contribution in [2.24, 2.45) is 13.0 Å². The number of amides is 1. The molecule has 1 amide bonds. The van der Waals surface area contributed by atoms with Gasteiger partial charge < -0.3 is 9.47 Å². The first-order valence-corrected chi connectivity index (χ1v) is 9.44. The minimum atomic E-state index is -0.233. The van der Waals surface area contributed by atoms with Crippen LogP contribution in [0, 0.1) is 19.8 Å². The van der Waals surface area contributed by atoms with Crippen molar-refractivity contribution in [2.75, 3.05) is 13.1 Å². The number of rotatable bonds is 4. The molecule has 0 atom stereocenters. The topological polar surface area (TPSA) is 93.0 Å². The van der Waals surface area contributed by atoms with Gasteiger partial charge in [-0.05, 0) is 51.2 Å². The summed E-state index contributed by atoms with van der Waals surface area (Å²) in [5.74, 6) is 0.962. The van der Waals surface area contributed by atoms with E-state index in [9.17, 15) is 14.4 Å². The first kappa shape index (κ1) is 19.1. The molecule has 27 heavy (non-hydrogen) atoms. The van der Waals surface area contributed by atoms with Gasteiger partial charge in [0.25, 0.3) is 11.5 Å². The summed E-state index contributed by atoms with van der Waals surface area (Å²) in [7, 11) is 1.69. The number of carbonyl (C=O) groups is 1. The van der Waals surface area contributed by atoms with Crippen molar-refractivity contribution < 1.29 is 4.79 Å². The summed E-state index contributed by atoms with van der Waals surface area (Å²) in [5.41, 5.74) is 1.43. The molecule has 8 heteroatoms. The summed E-state index contributed by atoms with van der Waals surface area (Å²) >= 11 is 0. The molecule has 146 valence electrons. The number of likely N-dealkylation sites (tertiary alicyclic amines) is 1. The van der Waals surface area contributed by atoms with E-state index in [2.05, 4.69) is 10.2 Å². The van der Waals surface area contributed by atoms with Crippen LogP contribution in [0.15, 0.2) is 15.7 Å². The Hall–Kier alpha value is -2.64. The molecular formula is C19H27N5O3. The highest BCUT2D eigenvalue weighted by Crippen LogP contribution is 2.22. The van der Waals surface area contributed by atoms with E-state index in [1.165, 1.54) is 4.57 Å². The van der Waals surface area contributed by atoms with Gasteiger partial charge >= 0.3 is 5.69 Å². The summed E-state index contributed by atoms with van der Waals surface area (Å²) in [6, 6.07) is 1.88. The van der Waals surface area contributed by atoms with Crippen LogP contribution in [-0.4, -0.2) is 43.2 Å². The van der Waals surface area contributed by atoms with Crippen molar-refractivity contribution in [1.82, 2.24) is 24.2 Å². The van der Waals surface area contributed by atoms with Crippen LogP contribution in [0.2, 0.25) is 0 Å². The molecule has 2 aromatic heterocycles. The molecule has 0 saturated carbocycles. The van der Waals surface area contributed by atoms with Crippen molar-refractivity contribution in [3.8, 4) is 0 Å². The molecule has 0 spiro atoms. The number of aromatic nitrogens is 4. The number of hydrogen-bond donors (Lipinski definition) is 1. The lowest BCUT2D eigenvalue weighted by Gasteiger charge is -2.32. The zero-order chi connectivity index (χ0) is 19.7. The molecular weight excluding hydrogens is 346 g/mol. The van der Waals surface area contributed by atoms with Gasteiger partial charge in [0.05, 0.1) is 0 Å². The molecule has 0 bridgehead atoms. The number of nitrogens with one attached hydrogen (secondary N) is 1. The second-order valence-corrected chi connectivity index (χ2v) is 7.34. The standard InChI is InChI=1S/C19H27N5O3/c1-5-24-15(20-21-19(24)27)11-14-6-8-23(9-7-14)18(26)16-12(2)10-13(3)22(4)17(16)25/h10,14H,5-9,11H2,1-4H3,(H,21,27). The fourth-order valence-corrected chi connectivity index (χ4v) is 3.83. The largest absolute Gasteiger partial charge is 0.343 e. The highest BCUT2D eigenvalue weighted by atomic mass is 16.2. The van der Waals surface area contributed by atoms with Crippen LogP contribution in [0.1, 0.15) is 47.2 Å². The smallest absolute Gasteiger partial charge is 0.338 e. The third kappa shape index (κ3) is 3.61. The third-order valence-electron chi connectivity index (χ3n) is 5.61. The molecule has 1 fully saturated rings. The zero-order valence-corrected chi connectivity index (χ0v) is 16.4. The number of hydrogen-bond acceptors (Lipinski definition) is 4. The Bertz CT molecular complexity index is 961. The summed E-state index contributed by atoms with van der Waals surface area (Å²) in [6.07, 6.45) is 2.39. The number of pyridine rings is 1. The SMILES string of the molecule is CCn1c(CC2CCN(C(=O)c3c(C)cc(C)n(C)c3=O)CC2)n[nH]c1=O. The van der Waals surface area contributed by atoms with Crippen LogP contribution in [0.4, 0.5) is 0 Å². The van der Waals surface area contributed by atoms with Gasteiger partial charge in [0.2, 0.25) is 0 Å². The van der Waals surface area contributed by atoms with Crippen molar-refractivity contribution in [3.05, 3.63) is 49.5 Å². The van der Waals surface area contributed by atoms with Crippen LogP contribution in [0.25, 0.3) is 0 Å². The van der Waals surface area contributed by atoms with E-state index in [1.807, 2.05) is 26.8 Å². The molecule has 1 saturated heterocycles. The Balaban J connectivity index is 1.69. The molecule has 0 aromatic carbocycles. The molecule has 2 aromatic rings. The van der Waals surface area contributed by atoms with Crippen molar-refractivity contribution in [2.45, 2.75) is 46.6 Å². The maximum atomic E-state index is 12.9. The molecule has 0 unspecified atom stereocenters. The Kier molecular flexibility index (Phi) is 5.34. The zero-order valence-electron chi connectivity index (χ0n) is 16.4. The number of carbonyl (C=O) groups excluding carboxylic acids is 1. The maximum Gasteiger partial charge on any atom is 0.343 e. The highest BCUT2D eigenvalue weighted by molar-refractivity contribution is 5.95. The normalized spacial score (nSPS) is 15.3. The molecule has 0 aliphatic carbocycles. The fraction of sp³-hybridized carbons (Fsp3) is 0.579. The number of piperidine rings is 1. The van der Waals surface area contributed by atoms with Gasteiger partial charge in [-0.3, -0.25) is 14.2 Å². The summed E-state index contributed by atoms with van der Waals surface area (Å²) in [5, 5.41) is 6.63. The van der Waals surface area contributed by atoms with Crippen LogP contribution < -0.4 is 11.2 Å². The van der Waals surface area contributed by atoms with Crippen molar-refractivity contribution in [3.63, 3.8) is 0 Å². The first-order chi connectivity index (χ1) is 12.8. The number of H-pyrrole nitrogens is 1. The quantitative estimate of drug-likeness (QED) is 0.865. The van der Waals surface area contributed by atoms with Gasteiger partial charge in [0.15, 0.2) is 0 Å². The fourth-order valence-electron chi connectivity index (χ4n) is 3.83. The number of aryl methyl sites for hydroxylation is 2. The molecule has 1 aliphatic rings. The van der Waals surface area contributed by atoms with Crippen molar-refractivity contribution in [1.29, 1.82) is 0 Å². The predicted octanol–water partition coefficient (Wildman–Crippen LogP) is 1.00. The minimum absolute atomic E-state index is 0.175. The summed E-state index contributed by atoms with van der Waals surface area (Å²) in [4.78, 5) is 38.9. The molecule has 3 rings (SSSR count). The van der Waals surface area contributed by atoms with Crippen LogP contribution in [-0.2, 0) is 20.0 Å². The monoisotopic (exact) mass is 373 g/mol. The van der Waals surface area contributed by atoms with Gasteiger partial charge in [0.1, 0.15) is 11.4 Å². The molecule has 3 heterocycles. The van der Waals surface area contributed by atoms with E-state index in [4.69, 9.17) is 0 Å². The highest BCUT2D eigenvalue weighted by Gasteiger charge is 2.27.